The van der Waals surface area contributed by atoms with E-state index in [0.717, 1.165) is 44.4 Å². The summed E-state index contributed by atoms with van der Waals surface area (Å²) in [6.45, 7) is 5.06. The molecule has 7 rings (SSSR count). The maximum absolute atomic E-state index is 13.4. The second-order valence-electron chi connectivity index (χ2n) is 13.0. The van der Waals surface area contributed by atoms with Crippen molar-refractivity contribution in [2.45, 2.75) is 37.4 Å². The number of pyridine rings is 1. The van der Waals surface area contributed by atoms with Gasteiger partial charge in [0.15, 0.2) is 6.29 Å². The van der Waals surface area contributed by atoms with E-state index in [-0.39, 0.29) is 0 Å². The molecule has 1 aliphatic rings. The number of nitrogen functional groups attached to an aromatic ring is 1. The van der Waals surface area contributed by atoms with Crippen molar-refractivity contribution in [3.8, 4) is 0 Å². The van der Waals surface area contributed by atoms with Gasteiger partial charge in [-0.15, -0.1) is 0 Å². The minimum Gasteiger partial charge on any atom is -0.398 e. The van der Waals surface area contributed by atoms with Crippen molar-refractivity contribution in [1.29, 1.82) is 0 Å². The molecule has 1 atom stereocenters. The zero-order valence-corrected chi connectivity index (χ0v) is 27.2. The third-order valence-electron chi connectivity index (χ3n) is 10.0. The molecule has 1 aliphatic heterocycles. The number of nitrogens with two attached hydrogens (primary N) is 1. The molecule has 0 amide bonds. The average molecular weight is 631 g/mol. The lowest BCUT2D eigenvalue weighted by Crippen LogP contribution is -2.51. The summed E-state index contributed by atoms with van der Waals surface area (Å²) in [7, 11) is 0. The van der Waals surface area contributed by atoms with Gasteiger partial charge in [-0.2, -0.15) is 0 Å². The zero-order valence-electron chi connectivity index (χ0n) is 27.2. The van der Waals surface area contributed by atoms with Gasteiger partial charge in [0.1, 0.15) is 6.04 Å². The van der Waals surface area contributed by atoms with E-state index in [1.807, 2.05) is 56.3 Å². The van der Waals surface area contributed by atoms with Crippen LogP contribution in [0.15, 0.2) is 146 Å². The van der Waals surface area contributed by atoms with E-state index in [1.54, 1.807) is 6.20 Å². The Hall–Kier alpha value is -5.59. The van der Waals surface area contributed by atoms with Crippen LogP contribution >= 0.6 is 0 Å². The van der Waals surface area contributed by atoms with Crippen LogP contribution in [-0.2, 0) is 21.5 Å². The van der Waals surface area contributed by atoms with E-state index in [4.69, 9.17) is 5.73 Å². The first kappa shape index (κ1) is 31.0. The van der Waals surface area contributed by atoms with Crippen LogP contribution in [0.25, 0.3) is 10.9 Å². The summed E-state index contributed by atoms with van der Waals surface area (Å²) < 4.78 is 0. The van der Waals surface area contributed by atoms with Crippen LogP contribution in [0.3, 0.4) is 0 Å². The molecule has 0 bridgehead atoms. The molecule has 6 heteroatoms. The molecular formula is C42H38N4O2. The number of Topliss-reactive ketones (excluding diaryl/α,β-unsaturated/α-hetero) is 1. The van der Waals surface area contributed by atoms with E-state index in [1.165, 1.54) is 0 Å². The van der Waals surface area contributed by atoms with E-state index >= 15 is 0 Å². The number of fused-ring (bicyclic) bond motifs is 1. The molecule has 0 saturated carbocycles. The summed E-state index contributed by atoms with van der Waals surface area (Å²) in [5, 5.41) is 0.913. The van der Waals surface area contributed by atoms with Gasteiger partial charge in [0, 0.05) is 35.0 Å². The number of nitrogens with zero attached hydrogens (tertiary/aromatic N) is 3. The quantitative estimate of drug-likeness (QED) is 0.0777. The number of hydrogen-bond donors (Lipinski definition) is 1. The molecule has 6 nitrogen and oxygen atoms in total. The number of benzene rings is 5. The Morgan fingerprint density at radius 2 is 1.31 bits per heavy atom. The number of aromatic nitrogens is 1. The highest BCUT2D eigenvalue weighted by Gasteiger charge is 2.50. The molecule has 2 N–H and O–H groups in total. The van der Waals surface area contributed by atoms with E-state index in [0.29, 0.717) is 25.2 Å². The second kappa shape index (κ2) is 12.5. The molecule has 1 unspecified atom stereocenters. The van der Waals surface area contributed by atoms with Crippen molar-refractivity contribution in [3.63, 3.8) is 0 Å². The van der Waals surface area contributed by atoms with Crippen molar-refractivity contribution in [2.24, 2.45) is 0 Å². The number of hydrogen-bond acceptors (Lipinski definition) is 6. The van der Waals surface area contributed by atoms with Gasteiger partial charge in [0.25, 0.3) is 0 Å². The van der Waals surface area contributed by atoms with Gasteiger partial charge in [-0.3, -0.25) is 19.5 Å². The van der Waals surface area contributed by atoms with Crippen molar-refractivity contribution < 1.29 is 9.59 Å². The Kier molecular flexibility index (Phi) is 8.11. The van der Waals surface area contributed by atoms with Gasteiger partial charge >= 0.3 is 0 Å². The molecule has 0 aliphatic carbocycles. The predicted molar refractivity (Wildman–Crippen MR) is 193 cm³/mol. The fourth-order valence-corrected chi connectivity index (χ4v) is 7.66. The summed E-state index contributed by atoms with van der Waals surface area (Å²) in [6, 6.07) is 47.3. The summed E-state index contributed by atoms with van der Waals surface area (Å²) >= 11 is 0. The highest BCUT2D eigenvalue weighted by atomic mass is 16.2. The summed E-state index contributed by atoms with van der Waals surface area (Å²) in [6.07, 6.45) is 2.26. The standard InChI is InChI=1S/C42H38N4O2/c1-41(2)40(38(48)28-47)46(29-45(41)27-30-25-26-44-37-20-12-19-36(43)39(30)37)35-23-21-34(22-24-35)42(31-13-6-3-7-14-31,32-15-8-4-9-16-32)33-17-10-5-11-18-33/h3-26,28,40H,27,29,43H2,1-2H3. The number of rotatable bonds is 9. The van der Waals surface area contributed by atoms with Crippen LogP contribution in [0.2, 0.25) is 0 Å². The molecule has 2 heterocycles. The molecule has 1 aromatic heterocycles. The highest BCUT2D eigenvalue weighted by molar-refractivity contribution is 6.29. The van der Waals surface area contributed by atoms with Gasteiger partial charge in [-0.05, 0) is 72.0 Å². The predicted octanol–water partition coefficient (Wildman–Crippen LogP) is 7.39. The molecule has 0 spiro atoms. The Bertz CT molecular complexity index is 1960. The first-order valence-electron chi connectivity index (χ1n) is 16.3. The molecule has 1 fully saturated rings. The monoisotopic (exact) mass is 630 g/mol. The van der Waals surface area contributed by atoms with Gasteiger partial charge in [0.05, 0.1) is 17.6 Å². The van der Waals surface area contributed by atoms with E-state index < -0.39 is 22.8 Å². The van der Waals surface area contributed by atoms with Gasteiger partial charge < -0.3 is 10.6 Å². The largest absolute Gasteiger partial charge is 0.398 e. The topological polar surface area (TPSA) is 79.5 Å². The van der Waals surface area contributed by atoms with Crippen LogP contribution in [0.1, 0.15) is 41.7 Å². The third-order valence-corrected chi connectivity index (χ3v) is 10.0. The number of carbonyl (C=O) groups excluding carboxylic acids is 2. The van der Waals surface area contributed by atoms with Gasteiger partial charge in [-0.1, -0.05) is 109 Å². The Morgan fingerprint density at radius 1 is 0.771 bits per heavy atom. The summed E-state index contributed by atoms with van der Waals surface area (Å²) in [4.78, 5) is 34.3. The van der Waals surface area contributed by atoms with Crippen molar-refractivity contribution in [3.05, 3.63) is 174 Å². The number of ketones is 1. The van der Waals surface area contributed by atoms with Gasteiger partial charge in [0.2, 0.25) is 5.78 Å². The number of aldehydes is 1. The third kappa shape index (κ3) is 5.15. The van der Waals surface area contributed by atoms with Gasteiger partial charge in [-0.25, -0.2) is 0 Å². The van der Waals surface area contributed by atoms with Crippen LogP contribution < -0.4 is 10.6 Å². The zero-order chi connectivity index (χ0) is 33.3. The number of carbonyl (C=O) groups is 2. The molecule has 238 valence electrons. The second-order valence-corrected chi connectivity index (χ2v) is 13.0. The van der Waals surface area contributed by atoms with Crippen LogP contribution in [-0.4, -0.2) is 40.2 Å². The fraction of sp³-hybridized carbons (Fsp3) is 0.167. The molecule has 6 aromatic rings. The van der Waals surface area contributed by atoms with Crippen LogP contribution in [0, 0.1) is 0 Å². The van der Waals surface area contributed by atoms with Crippen LogP contribution in [0.5, 0.6) is 0 Å². The highest BCUT2D eigenvalue weighted by Crippen LogP contribution is 2.46. The van der Waals surface area contributed by atoms with Crippen LogP contribution in [0.4, 0.5) is 11.4 Å². The van der Waals surface area contributed by atoms with E-state index in [2.05, 4.69) is 112 Å². The lowest BCUT2D eigenvalue weighted by molar-refractivity contribution is -0.131. The van der Waals surface area contributed by atoms with Crippen molar-refractivity contribution in [2.75, 3.05) is 17.3 Å². The molecule has 1 saturated heterocycles. The first-order valence-corrected chi connectivity index (χ1v) is 16.3. The molecular weight excluding hydrogens is 592 g/mol. The van der Waals surface area contributed by atoms with Crippen molar-refractivity contribution in [1.82, 2.24) is 9.88 Å². The van der Waals surface area contributed by atoms with Crippen molar-refractivity contribution >= 4 is 34.3 Å². The average Bonchev–Trinajstić information content (AvgIpc) is 3.39. The smallest absolute Gasteiger partial charge is 0.219 e. The molecule has 0 radical (unpaired) electrons. The summed E-state index contributed by atoms with van der Waals surface area (Å²) in [5.74, 6) is -0.446. The Morgan fingerprint density at radius 3 is 1.85 bits per heavy atom. The lowest BCUT2D eigenvalue weighted by Gasteiger charge is -2.37. The minimum absolute atomic E-state index is 0.446. The lowest BCUT2D eigenvalue weighted by atomic mass is 9.65. The fourth-order valence-electron chi connectivity index (χ4n) is 7.66. The molecule has 48 heavy (non-hydrogen) atoms. The number of anilines is 2. The maximum Gasteiger partial charge on any atom is 0.219 e. The Balaban J connectivity index is 1.32. The normalized spacial score (nSPS) is 16.2. The Labute approximate surface area is 281 Å². The summed E-state index contributed by atoms with van der Waals surface area (Å²) in [5.41, 5.74) is 13.1. The maximum atomic E-state index is 13.4. The van der Waals surface area contributed by atoms with E-state index in [9.17, 15) is 9.59 Å². The SMILES string of the molecule is CC1(C)C(C(=O)C=O)N(c2ccc(C(c3ccccc3)(c3ccccc3)c3ccccc3)cc2)CN1Cc1ccnc2cccc(N)c12. The molecule has 5 aromatic carbocycles. The first-order chi connectivity index (χ1) is 23.4. The minimum atomic E-state index is -0.673.